The van der Waals surface area contributed by atoms with Crippen LogP contribution in [0.5, 0.6) is 0 Å². The lowest BCUT2D eigenvalue weighted by atomic mass is 9.69. The molecular formula is C12H20ClNO. The van der Waals surface area contributed by atoms with Crippen LogP contribution in [0.4, 0.5) is 0 Å². The maximum Gasteiger partial charge on any atom is 0.130 e. The molecule has 1 aliphatic carbocycles. The molecule has 0 spiro atoms. The molecule has 3 heteroatoms. The first-order chi connectivity index (χ1) is 6.67. The first-order valence-electron chi connectivity index (χ1n) is 5.58. The molecule has 3 atom stereocenters. The summed E-state index contributed by atoms with van der Waals surface area (Å²) in [4.78, 5) is 2.37. The van der Waals surface area contributed by atoms with Crippen LogP contribution in [-0.4, -0.2) is 35.2 Å². The van der Waals surface area contributed by atoms with Crippen molar-refractivity contribution in [2.75, 3.05) is 13.6 Å². The highest BCUT2D eigenvalue weighted by Gasteiger charge is 2.46. The highest BCUT2D eigenvalue weighted by Crippen LogP contribution is 2.40. The van der Waals surface area contributed by atoms with E-state index in [2.05, 4.69) is 17.9 Å². The van der Waals surface area contributed by atoms with E-state index in [0.717, 1.165) is 19.4 Å². The van der Waals surface area contributed by atoms with Gasteiger partial charge in [-0.05, 0) is 19.9 Å². The summed E-state index contributed by atoms with van der Waals surface area (Å²) in [5.74, 6) is 2.93. The van der Waals surface area contributed by atoms with Gasteiger partial charge < -0.3 is 10.0 Å². The molecule has 15 heavy (non-hydrogen) atoms. The molecular weight excluding hydrogens is 210 g/mol. The van der Waals surface area contributed by atoms with Crippen molar-refractivity contribution in [2.45, 2.75) is 43.7 Å². The molecule has 1 saturated carbocycles. The van der Waals surface area contributed by atoms with Crippen molar-refractivity contribution in [3.8, 4) is 12.3 Å². The van der Waals surface area contributed by atoms with E-state index in [9.17, 15) is 5.11 Å². The minimum absolute atomic E-state index is 0. The van der Waals surface area contributed by atoms with Crippen molar-refractivity contribution in [2.24, 2.45) is 5.92 Å². The smallest absolute Gasteiger partial charge is 0.130 e. The molecule has 0 aromatic carbocycles. The van der Waals surface area contributed by atoms with Gasteiger partial charge in [-0.3, -0.25) is 0 Å². The topological polar surface area (TPSA) is 23.5 Å². The highest BCUT2D eigenvalue weighted by molar-refractivity contribution is 5.85. The Kier molecular flexibility index (Phi) is 4.06. The lowest BCUT2D eigenvalue weighted by Crippen LogP contribution is -2.57. The van der Waals surface area contributed by atoms with Crippen LogP contribution in [0, 0.1) is 18.3 Å². The van der Waals surface area contributed by atoms with Gasteiger partial charge in [0.25, 0.3) is 0 Å². The van der Waals surface area contributed by atoms with E-state index in [1.54, 1.807) is 0 Å². The van der Waals surface area contributed by atoms with Crippen molar-refractivity contribution >= 4 is 12.4 Å². The fourth-order valence-corrected chi connectivity index (χ4v) is 3.07. The van der Waals surface area contributed by atoms with Crippen LogP contribution < -0.4 is 0 Å². The molecule has 1 N–H and O–H groups in total. The van der Waals surface area contributed by atoms with Gasteiger partial charge >= 0.3 is 0 Å². The highest BCUT2D eigenvalue weighted by atomic mass is 35.5. The fraction of sp³-hybridized carbons (Fsp3) is 0.833. The summed E-state index contributed by atoms with van der Waals surface area (Å²) in [7, 11) is 2.15. The third kappa shape index (κ3) is 2.15. The standard InChI is InChI=1S/C12H19NO.ClH/c1-3-12(14)8-9-13(2)11-7-5-4-6-10(11)12;/h1,10-11,14H,4-9H2,2H3;1H. The lowest BCUT2D eigenvalue weighted by molar-refractivity contribution is -0.0699. The number of aliphatic hydroxyl groups is 1. The number of piperidine rings is 1. The monoisotopic (exact) mass is 229 g/mol. The normalized spacial score (nSPS) is 41.1. The van der Waals surface area contributed by atoms with Gasteiger partial charge in [-0.15, -0.1) is 18.8 Å². The van der Waals surface area contributed by atoms with E-state index in [0.29, 0.717) is 12.0 Å². The van der Waals surface area contributed by atoms with Gasteiger partial charge in [-0.1, -0.05) is 18.8 Å². The van der Waals surface area contributed by atoms with Gasteiger partial charge in [-0.25, -0.2) is 0 Å². The van der Waals surface area contributed by atoms with Gasteiger partial charge in [0.2, 0.25) is 0 Å². The molecule has 2 nitrogen and oxygen atoms in total. The van der Waals surface area contributed by atoms with E-state index >= 15 is 0 Å². The Balaban J connectivity index is 0.00000112. The molecule has 2 fully saturated rings. The van der Waals surface area contributed by atoms with Crippen molar-refractivity contribution in [3.63, 3.8) is 0 Å². The molecule has 86 valence electrons. The van der Waals surface area contributed by atoms with Crippen LogP contribution in [-0.2, 0) is 0 Å². The summed E-state index contributed by atoms with van der Waals surface area (Å²) in [5, 5.41) is 10.3. The van der Waals surface area contributed by atoms with E-state index in [-0.39, 0.29) is 12.4 Å². The number of hydrogen-bond acceptors (Lipinski definition) is 2. The molecule has 0 radical (unpaired) electrons. The van der Waals surface area contributed by atoms with Gasteiger partial charge in [0.1, 0.15) is 5.60 Å². The largest absolute Gasteiger partial charge is 0.377 e. The Labute approximate surface area is 98.4 Å². The van der Waals surface area contributed by atoms with E-state index in [1.165, 1.54) is 19.3 Å². The summed E-state index contributed by atoms with van der Waals surface area (Å²) >= 11 is 0. The molecule has 0 aromatic rings. The number of fused-ring (bicyclic) bond motifs is 1. The van der Waals surface area contributed by atoms with Crippen LogP contribution in [0.2, 0.25) is 0 Å². The Morgan fingerprint density at radius 2 is 2.07 bits per heavy atom. The van der Waals surface area contributed by atoms with Crippen LogP contribution in [0.15, 0.2) is 0 Å². The lowest BCUT2D eigenvalue weighted by Gasteiger charge is -2.49. The average molecular weight is 230 g/mol. The van der Waals surface area contributed by atoms with Gasteiger partial charge in [0.15, 0.2) is 0 Å². The number of rotatable bonds is 0. The number of terminal acetylenes is 1. The van der Waals surface area contributed by atoms with Crippen molar-refractivity contribution in [3.05, 3.63) is 0 Å². The predicted molar refractivity (Wildman–Crippen MR) is 64.0 cm³/mol. The minimum atomic E-state index is -0.822. The Hall–Kier alpha value is -0.230. The zero-order chi connectivity index (χ0) is 10.2. The molecule has 0 aromatic heterocycles. The maximum absolute atomic E-state index is 10.3. The zero-order valence-electron chi connectivity index (χ0n) is 9.28. The van der Waals surface area contributed by atoms with Gasteiger partial charge in [-0.2, -0.15) is 0 Å². The molecule has 3 unspecified atom stereocenters. The SMILES string of the molecule is C#CC1(O)CCN(C)C2CCCCC21.Cl. The average Bonchev–Trinajstić information content (AvgIpc) is 2.24. The molecule has 0 amide bonds. The molecule has 1 heterocycles. The Morgan fingerprint density at radius 1 is 1.40 bits per heavy atom. The second kappa shape index (κ2) is 4.74. The number of nitrogens with zero attached hydrogens (tertiary/aromatic N) is 1. The number of likely N-dealkylation sites (tertiary alicyclic amines) is 1. The van der Waals surface area contributed by atoms with E-state index in [4.69, 9.17) is 6.42 Å². The van der Waals surface area contributed by atoms with Crippen molar-refractivity contribution < 1.29 is 5.11 Å². The molecule has 1 saturated heterocycles. The van der Waals surface area contributed by atoms with Crippen LogP contribution in [0.25, 0.3) is 0 Å². The summed E-state index contributed by atoms with van der Waals surface area (Å²) in [6.07, 6.45) is 11.0. The molecule has 2 rings (SSSR count). The predicted octanol–water partition coefficient (Wildman–Crippen LogP) is 1.67. The Bertz CT molecular complexity index is 263. The Morgan fingerprint density at radius 3 is 2.73 bits per heavy atom. The summed E-state index contributed by atoms with van der Waals surface area (Å²) in [6.45, 7) is 0.932. The van der Waals surface area contributed by atoms with Crippen molar-refractivity contribution in [1.82, 2.24) is 4.90 Å². The number of halogens is 1. The fourth-order valence-electron chi connectivity index (χ4n) is 3.07. The van der Waals surface area contributed by atoms with Gasteiger partial charge in [0.05, 0.1) is 0 Å². The summed E-state index contributed by atoms with van der Waals surface area (Å²) in [6, 6.07) is 0.513. The molecule has 1 aliphatic heterocycles. The number of hydrogen-bond donors (Lipinski definition) is 1. The third-order valence-corrected chi connectivity index (χ3v) is 4.00. The summed E-state index contributed by atoms with van der Waals surface area (Å²) < 4.78 is 0. The maximum atomic E-state index is 10.3. The van der Waals surface area contributed by atoms with Crippen LogP contribution in [0.3, 0.4) is 0 Å². The first kappa shape index (κ1) is 12.8. The van der Waals surface area contributed by atoms with Crippen LogP contribution >= 0.6 is 12.4 Å². The van der Waals surface area contributed by atoms with E-state index in [1.807, 2.05) is 0 Å². The molecule has 0 bridgehead atoms. The first-order valence-corrected chi connectivity index (χ1v) is 5.58. The second-order valence-electron chi connectivity index (χ2n) is 4.76. The second-order valence-corrected chi connectivity index (χ2v) is 4.76. The minimum Gasteiger partial charge on any atom is -0.377 e. The third-order valence-electron chi connectivity index (χ3n) is 4.00. The van der Waals surface area contributed by atoms with E-state index < -0.39 is 5.60 Å². The molecule has 2 aliphatic rings. The quantitative estimate of drug-likeness (QED) is 0.639. The van der Waals surface area contributed by atoms with Gasteiger partial charge in [0, 0.05) is 24.9 Å². The van der Waals surface area contributed by atoms with Crippen LogP contribution in [0.1, 0.15) is 32.1 Å². The summed E-state index contributed by atoms with van der Waals surface area (Å²) in [5.41, 5.74) is -0.822. The zero-order valence-corrected chi connectivity index (χ0v) is 10.1. The van der Waals surface area contributed by atoms with Crippen molar-refractivity contribution in [1.29, 1.82) is 0 Å².